The number of anilines is 3. The van der Waals surface area contributed by atoms with E-state index < -0.39 is 0 Å². The van der Waals surface area contributed by atoms with Gasteiger partial charge in [0.2, 0.25) is 5.91 Å². The second-order valence-electron chi connectivity index (χ2n) is 6.62. The Morgan fingerprint density at radius 2 is 1.56 bits per heavy atom. The van der Waals surface area contributed by atoms with Crippen molar-refractivity contribution in [3.05, 3.63) is 54.3 Å². The molecule has 1 saturated heterocycles. The van der Waals surface area contributed by atoms with Crippen LogP contribution < -0.4 is 15.1 Å². The first-order chi connectivity index (χ1) is 12.0. The van der Waals surface area contributed by atoms with E-state index >= 15 is 0 Å². The zero-order valence-electron chi connectivity index (χ0n) is 14.7. The summed E-state index contributed by atoms with van der Waals surface area (Å²) in [6.45, 7) is 7.00. The van der Waals surface area contributed by atoms with Crippen LogP contribution in [-0.4, -0.2) is 32.1 Å². The van der Waals surface area contributed by atoms with Gasteiger partial charge in [-0.15, -0.1) is 0 Å². The van der Waals surface area contributed by atoms with Gasteiger partial charge in [-0.3, -0.25) is 4.79 Å². The van der Waals surface area contributed by atoms with Crippen molar-refractivity contribution >= 4 is 23.0 Å². The zero-order valence-corrected chi connectivity index (χ0v) is 14.7. The van der Waals surface area contributed by atoms with Gasteiger partial charge in [0.25, 0.3) is 0 Å². The molecule has 0 spiro atoms. The van der Waals surface area contributed by atoms with E-state index in [4.69, 9.17) is 0 Å². The normalized spacial score (nSPS) is 14.7. The Labute approximate surface area is 148 Å². The van der Waals surface area contributed by atoms with Crippen LogP contribution in [0.5, 0.6) is 0 Å². The number of hydrogen-bond acceptors (Lipinski definition) is 3. The molecule has 0 bridgehead atoms. The highest BCUT2D eigenvalue weighted by atomic mass is 19.1. The van der Waals surface area contributed by atoms with Crippen molar-refractivity contribution in [2.75, 3.05) is 41.3 Å². The lowest BCUT2D eigenvalue weighted by molar-refractivity contribution is -0.118. The Bertz CT molecular complexity index is 722. The molecule has 2 aromatic rings. The van der Waals surface area contributed by atoms with Crippen LogP contribution in [0.15, 0.2) is 48.5 Å². The minimum Gasteiger partial charge on any atom is -0.368 e. The van der Waals surface area contributed by atoms with Gasteiger partial charge in [0.15, 0.2) is 0 Å². The smallest absolute Gasteiger partial charge is 0.226 e. The Morgan fingerprint density at radius 3 is 2.16 bits per heavy atom. The first-order valence-electron chi connectivity index (χ1n) is 8.70. The molecule has 4 nitrogen and oxygen atoms in total. The van der Waals surface area contributed by atoms with Crippen LogP contribution in [-0.2, 0) is 4.79 Å². The monoisotopic (exact) mass is 341 g/mol. The third-order valence-electron chi connectivity index (χ3n) is 4.50. The highest BCUT2D eigenvalue weighted by molar-refractivity contribution is 5.92. The minimum atomic E-state index is -0.166. The molecule has 0 unspecified atom stereocenters. The number of piperazine rings is 1. The standard InChI is InChI=1S/C20H24FN3O/c1-15(2)20(25)22-16-7-9-17(10-8-16)23-11-13-24(14-12-23)19-6-4-3-5-18(19)21/h3-10,15H,11-14H2,1-2H3,(H,22,25). The third kappa shape index (κ3) is 4.10. The van der Waals surface area contributed by atoms with Crippen molar-refractivity contribution in [1.82, 2.24) is 0 Å². The molecule has 1 aliphatic heterocycles. The van der Waals surface area contributed by atoms with Crippen LogP contribution in [0.3, 0.4) is 0 Å². The second-order valence-corrected chi connectivity index (χ2v) is 6.62. The summed E-state index contributed by atoms with van der Waals surface area (Å²) in [5.41, 5.74) is 2.61. The molecule has 1 N–H and O–H groups in total. The Morgan fingerprint density at radius 1 is 0.960 bits per heavy atom. The molecule has 0 aromatic heterocycles. The van der Waals surface area contributed by atoms with Gasteiger partial charge in [0.05, 0.1) is 5.69 Å². The van der Waals surface area contributed by atoms with Gasteiger partial charge in [-0.05, 0) is 36.4 Å². The van der Waals surface area contributed by atoms with E-state index in [0.717, 1.165) is 37.6 Å². The SMILES string of the molecule is CC(C)C(=O)Nc1ccc(N2CCN(c3ccccc3F)CC2)cc1. The molecule has 1 fully saturated rings. The summed E-state index contributed by atoms with van der Waals surface area (Å²) in [6.07, 6.45) is 0. The topological polar surface area (TPSA) is 35.6 Å². The van der Waals surface area contributed by atoms with Crippen molar-refractivity contribution in [2.45, 2.75) is 13.8 Å². The summed E-state index contributed by atoms with van der Waals surface area (Å²) in [5, 5.41) is 2.90. The number of carbonyl (C=O) groups excluding carboxylic acids is 1. The van der Waals surface area contributed by atoms with Gasteiger partial charge in [-0.25, -0.2) is 4.39 Å². The van der Waals surface area contributed by atoms with E-state index in [1.54, 1.807) is 6.07 Å². The maximum atomic E-state index is 13.9. The van der Waals surface area contributed by atoms with Gasteiger partial charge in [0.1, 0.15) is 5.82 Å². The predicted molar refractivity (Wildman–Crippen MR) is 101 cm³/mol. The summed E-state index contributed by atoms with van der Waals surface area (Å²) >= 11 is 0. The maximum absolute atomic E-state index is 13.9. The molecule has 0 radical (unpaired) electrons. The van der Waals surface area contributed by atoms with Crippen LogP contribution in [0.2, 0.25) is 0 Å². The van der Waals surface area contributed by atoms with Crippen LogP contribution in [0.25, 0.3) is 0 Å². The molecule has 3 rings (SSSR count). The molecule has 25 heavy (non-hydrogen) atoms. The molecule has 1 aliphatic rings. The lowest BCUT2D eigenvalue weighted by Gasteiger charge is -2.37. The molecule has 132 valence electrons. The molecule has 0 saturated carbocycles. The Balaban J connectivity index is 1.59. The quantitative estimate of drug-likeness (QED) is 0.920. The van der Waals surface area contributed by atoms with E-state index in [9.17, 15) is 9.18 Å². The predicted octanol–water partition coefficient (Wildman–Crippen LogP) is 3.75. The van der Waals surface area contributed by atoms with Gasteiger partial charge in [-0.1, -0.05) is 26.0 Å². The van der Waals surface area contributed by atoms with Crippen LogP contribution in [0.1, 0.15) is 13.8 Å². The number of hydrogen-bond donors (Lipinski definition) is 1. The fourth-order valence-electron chi connectivity index (χ4n) is 2.96. The number of nitrogens with zero attached hydrogens (tertiary/aromatic N) is 2. The van der Waals surface area contributed by atoms with E-state index in [1.165, 1.54) is 6.07 Å². The summed E-state index contributed by atoms with van der Waals surface area (Å²) < 4.78 is 13.9. The second kappa shape index (κ2) is 7.55. The highest BCUT2D eigenvalue weighted by Crippen LogP contribution is 2.24. The molecule has 1 amide bonds. The molecule has 0 aliphatic carbocycles. The zero-order chi connectivity index (χ0) is 17.8. The fraction of sp³-hybridized carbons (Fsp3) is 0.350. The van der Waals surface area contributed by atoms with Gasteiger partial charge >= 0.3 is 0 Å². The molecular formula is C20H24FN3O. The molecule has 0 atom stereocenters. The lowest BCUT2D eigenvalue weighted by Crippen LogP contribution is -2.46. The number of amides is 1. The van der Waals surface area contributed by atoms with Crippen molar-refractivity contribution < 1.29 is 9.18 Å². The largest absolute Gasteiger partial charge is 0.368 e. The third-order valence-corrected chi connectivity index (χ3v) is 4.50. The average Bonchev–Trinajstić information content (AvgIpc) is 2.63. The molecule has 2 aromatic carbocycles. The van der Waals surface area contributed by atoms with Crippen molar-refractivity contribution in [1.29, 1.82) is 0 Å². The van der Waals surface area contributed by atoms with Gasteiger partial charge in [0, 0.05) is 43.5 Å². The van der Waals surface area contributed by atoms with Crippen molar-refractivity contribution in [3.63, 3.8) is 0 Å². The Kier molecular flexibility index (Phi) is 5.22. The maximum Gasteiger partial charge on any atom is 0.226 e. The summed E-state index contributed by atoms with van der Waals surface area (Å²) in [5.74, 6) is -0.182. The van der Waals surface area contributed by atoms with Crippen molar-refractivity contribution in [3.8, 4) is 0 Å². The summed E-state index contributed by atoms with van der Waals surface area (Å²) in [7, 11) is 0. The number of carbonyl (C=O) groups is 1. The highest BCUT2D eigenvalue weighted by Gasteiger charge is 2.19. The first kappa shape index (κ1) is 17.3. The number of nitrogens with one attached hydrogen (secondary N) is 1. The first-order valence-corrected chi connectivity index (χ1v) is 8.70. The average molecular weight is 341 g/mol. The lowest BCUT2D eigenvalue weighted by atomic mass is 10.2. The summed E-state index contributed by atoms with van der Waals surface area (Å²) in [6, 6.07) is 14.8. The van der Waals surface area contributed by atoms with Gasteiger partial charge in [-0.2, -0.15) is 0 Å². The number of rotatable bonds is 4. The summed E-state index contributed by atoms with van der Waals surface area (Å²) in [4.78, 5) is 16.1. The van der Waals surface area contributed by atoms with E-state index in [2.05, 4.69) is 15.1 Å². The van der Waals surface area contributed by atoms with Crippen LogP contribution in [0, 0.1) is 11.7 Å². The van der Waals surface area contributed by atoms with E-state index in [-0.39, 0.29) is 17.6 Å². The van der Waals surface area contributed by atoms with Crippen LogP contribution >= 0.6 is 0 Å². The number of para-hydroxylation sites is 1. The number of halogens is 1. The molecular weight excluding hydrogens is 317 g/mol. The molecule has 1 heterocycles. The van der Waals surface area contributed by atoms with E-state index in [1.807, 2.05) is 50.2 Å². The van der Waals surface area contributed by atoms with Crippen LogP contribution in [0.4, 0.5) is 21.5 Å². The van der Waals surface area contributed by atoms with Crippen molar-refractivity contribution in [2.24, 2.45) is 5.92 Å². The molecule has 5 heteroatoms. The number of benzene rings is 2. The van der Waals surface area contributed by atoms with E-state index in [0.29, 0.717) is 5.69 Å². The van der Waals surface area contributed by atoms with Gasteiger partial charge < -0.3 is 15.1 Å². The minimum absolute atomic E-state index is 0.0197. The fourth-order valence-corrected chi connectivity index (χ4v) is 2.96. The Hall–Kier alpha value is -2.56.